The summed E-state index contributed by atoms with van der Waals surface area (Å²) < 4.78 is 26.8. The lowest BCUT2D eigenvalue weighted by Gasteiger charge is -2.13. The molecule has 0 radical (unpaired) electrons. The molecule has 1 atom stereocenters. The van der Waals surface area contributed by atoms with E-state index in [1.807, 2.05) is 0 Å². The third-order valence-electron chi connectivity index (χ3n) is 2.31. The van der Waals surface area contributed by atoms with E-state index in [0.717, 1.165) is 0 Å². The van der Waals surface area contributed by atoms with Crippen LogP contribution in [0.1, 0.15) is 18.8 Å². The number of hydrogen-bond acceptors (Lipinski definition) is 8. The summed E-state index contributed by atoms with van der Waals surface area (Å²) in [6.45, 7) is 1.59. The van der Waals surface area contributed by atoms with Gasteiger partial charge < -0.3 is 5.43 Å². The lowest BCUT2D eigenvalue weighted by Crippen LogP contribution is -2.29. The van der Waals surface area contributed by atoms with Crippen molar-refractivity contribution in [1.82, 2.24) is 30.3 Å². The molecular weight excluding hydrogens is 272 g/mol. The van der Waals surface area contributed by atoms with Gasteiger partial charge in [0, 0.05) is 12.4 Å². The van der Waals surface area contributed by atoms with Crippen molar-refractivity contribution in [3.63, 3.8) is 0 Å². The Kier molecular flexibility index (Phi) is 3.69. The molecule has 1 unspecified atom stereocenters. The summed E-state index contributed by atoms with van der Waals surface area (Å²) >= 11 is 0. The van der Waals surface area contributed by atoms with E-state index < -0.39 is 16.1 Å². The minimum absolute atomic E-state index is 0.0622. The Bertz CT molecular complexity index is 641. The van der Waals surface area contributed by atoms with Crippen molar-refractivity contribution in [2.24, 2.45) is 5.84 Å². The van der Waals surface area contributed by atoms with Gasteiger partial charge in [-0.05, 0) is 13.0 Å². The maximum Gasteiger partial charge on any atom is 0.244 e. The minimum Gasteiger partial charge on any atom is -0.323 e. The number of nitrogens with two attached hydrogens (primary N) is 1. The molecule has 0 bridgehead atoms. The number of aromatic amines is 1. The Balaban J connectivity index is 2.28. The molecular formula is C8H12N8O2S. The number of anilines is 1. The molecule has 11 heteroatoms. The second-order valence-corrected chi connectivity index (χ2v) is 5.31. The fourth-order valence-electron chi connectivity index (χ4n) is 1.42. The van der Waals surface area contributed by atoms with E-state index in [4.69, 9.17) is 5.84 Å². The molecule has 0 saturated heterocycles. The lowest BCUT2D eigenvalue weighted by molar-refractivity contribution is 0.560. The maximum absolute atomic E-state index is 12.2. The number of tetrazole rings is 1. The van der Waals surface area contributed by atoms with Crippen LogP contribution >= 0.6 is 0 Å². The van der Waals surface area contributed by atoms with Crippen molar-refractivity contribution in [3.8, 4) is 0 Å². The number of nitrogens with zero attached hydrogens (tertiary/aromatic N) is 4. The largest absolute Gasteiger partial charge is 0.323 e. The van der Waals surface area contributed by atoms with Crippen molar-refractivity contribution in [2.75, 3.05) is 5.43 Å². The zero-order valence-electron chi connectivity index (χ0n) is 9.90. The third kappa shape index (κ3) is 2.83. The Hall–Kier alpha value is -2.11. The zero-order chi connectivity index (χ0) is 13.9. The molecule has 102 valence electrons. The molecule has 0 aromatic carbocycles. The smallest absolute Gasteiger partial charge is 0.244 e. The Morgan fingerprint density at radius 3 is 2.89 bits per heavy atom. The highest BCUT2D eigenvalue weighted by atomic mass is 32.2. The highest BCUT2D eigenvalue weighted by Gasteiger charge is 2.23. The maximum atomic E-state index is 12.2. The molecule has 2 aromatic rings. The normalized spacial score (nSPS) is 13.2. The standard InChI is InChI=1S/C8H12N8O2S/c1-5(8-12-15-16-13-8)14-19(17,18)7-4-10-3-2-6(7)11-9/h2-5,14H,9H2,1H3,(H,10,11)(H,12,13,15,16). The van der Waals surface area contributed by atoms with Gasteiger partial charge in [-0.25, -0.2) is 13.1 Å². The van der Waals surface area contributed by atoms with Crippen LogP contribution < -0.4 is 16.0 Å². The van der Waals surface area contributed by atoms with Crippen LogP contribution in [0.3, 0.4) is 0 Å². The summed E-state index contributed by atoms with van der Waals surface area (Å²) in [5.41, 5.74) is 2.54. The highest BCUT2D eigenvalue weighted by molar-refractivity contribution is 7.89. The summed E-state index contributed by atoms with van der Waals surface area (Å²) in [5.74, 6) is 5.49. The SMILES string of the molecule is CC(NS(=O)(=O)c1cnccc1NN)c1nn[nH]n1. The van der Waals surface area contributed by atoms with Gasteiger partial charge >= 0.3 is 0 Å². The van der Waals surface area contributed by atoms with Gasteiger partial charge in [0.05, 0.1) is 11.7 Å². The predicted molar refractivity (Wildman–Crippen MR) is 65.0 cm³/mol. The van der Waals surface area contributed by atoms with Crippen LogP contribution in [0.5, 0.6) is 0 Å². The minimum atomic E-state index is -3.80. The van der Waals surface area contributed by atoms with Crippen LogP contribution in [0.4, 0.5) is 5.69 Å². The molecule has 0 spiro atoms. The van der Waals surface area contributed by atoms with Gasteiger partial charge in [-0.1, -0.05) is 5.21 Å². The van der Waals surface area contributed by atoms with E-state index in [9.17, 15) is 8.42 Å². The van der Waals surface area contributed by atoms with Crippen molar-refractivity contribution >= 4 is 15.7 Å². The summed E-state index contributed by atoms with van der Waals surface area (Å²) in [7, 11) is -3.80. The Morgan fingerprint density at radius 1 is 1.47 bits per heavy atom. The molecule has 0 saturated carbocycles. The quantitative estimate of drug-likeness (QED) is 0.399. The molecule has 0 aliphatic heterocycles. The first kappa shape index (κ1) is 13.3. The molecule has 0 aliphatic rings. The van der Waals surface area contributed by atoms with Crippen molar-refractivity contribution in [2.45, 2.75) is 17.9 Å². The molecule has 0 aliphatic carbocycles. The number of nitrogen functional groups attached to an aromatic ring is 1. The summed E-state index contributed by atoms with van der Waals surface area (Å²) in [6.07, 6.45) is 2.62. The summed E-state index contributed by atoms with van der Waals surface area (Å²) in [4.78, 5) is 3.70. The second-order valence-electron chi connectivity index (χ2n) is 3.63. The number of aromatic nitrogens is 5. The number of pyridine rings is 1. The van der Waals surface area contributed by atoms with Gasteiger partial charge in [-0.3, -0.25) is 10.8 Å². The van der Waals surface area contributed by atoms with E-state index in [1.165, 1.54) is 18.5 Å². The number of rotatable bonds is 5. The average molecular weight is 284 g/mol. The van der Waals surface area contributed by atoms with Crippen LogP contribution in [0.25, 0.3) is 0 Å². The first-order valence-electron chi connectivity index (χ1n) is 5.21. The topological polar surface area (TPSA) is 152 Å². The van der Waals surface area contributed by atoms with E-state index in [-0.39, 0.29) is 16.4 Å². The fraction of sp³-hybridized carbons (Fsp3) is 0.250. The van der Waals surface area contributed by atoms with Crippen molar-refractivity contribution in [3.05, 3.63) is 24.3 Å². The molecule has 2 rings (SSSR count). The number of H-pyrrole nitrogens is 1. The van der Waals surface area contributed by atoms with Crippen molar-refractivity contribution < 1.29 is 8.42 Å². The average Bonchev–Trinajstić information content (AvgIpc) is 2.92. The molecule has 0 amide bonds. The molecule has 2 aromatic heterocycles. The predicted octanol–water partition coefficient (Wildman–Crippen LogP) is -1.08. The van der Waals surface area contributed by atoms with Gasteiger partial charge in [-0.15, -0.1) is 10.2 Å². The molecule has 5 N–H and O–H groups in total. The lowest BCUT2D eigenvalue weighted by atomic mass is 10.4. The highest BCUT2D eigenvalue weighted by Crippen LogP contribution is 2.20. The Morgan fingerprint density at radius 2 is 2.26 bits per heavy atom. The summed E-state index contributed by atoms with van der Waals surface area (Å²) in [5, 5.41) is 13.0. The molecule has 0 fully saturated rings. The second kappa shape index (κ2) is 5.26. The molecule has 2 heterocycles. The first-order valence-corrected chi connectivity index (χ1v) is 6.69. The van der Waals surface area contributed by atoms with Gasteiger partial charge in [0.2, 0.25) is 10.0 Å². The monoisotopic (exact) mass is 284 g/mol. The van der Waals surface area contributed by atoms with Crippen LogP contribution in [0, 0.1) is 0 Å². The molecule has 10 nitrogen and oxygen atoms in total. The van der Waals surface area contributed by atoms with Crippen molar-refractivity contribution in [1.29, 1.82) is 0 Å². The van der Waals surface area contributed by atoms with Gasteiger partial charge in [0.25, 0.3) is 0 Å². The Labute approximate surface area is 108 Å². The zero-order valence-corrected chi connectivity index (χ0v) is 10.7. The van der Waals surface area contributed by atoms with Crippen LogP contribution in [0.2, 0.25) is 0 Å². The third-order valence-corrected chi connectivity index (χ3v) is 3.88. The van der Waals surface area contributed by atoms with E-state index in [0.29, 0.717) is 0 Å². The van der Waals surface area contributed by atoms with E-state index >= 15 is 0 Å². The number of sulfonamides is 1. The van der Waals surface area contributed by atoms with E-state index in [1.54, 1.807) is 6.92 Å². The number of hydrazine groups is 1. The number of hydrogen-bond donors (Lipinski definition) is 4. The molecule has 19 heavy (non-hydrogen) atoms. The number of nitrogens with one attached hydrogen (secondary N) is 3. The van der Waals surface area contributed by atoms with Gasteiger partial charge in [0.1, 0.15) is 4.90 Å². The van der Waals surface area contributed by atoms with Crippen LogP contribution in [-0.2, 0) is 10.0 Å². The summed E-state index contributed by atoms with van der Waals surface area (Å²) in [6, 6.07) is 0.808. The fourth-order valence-corrected chi connectivity index (χ4v) is 2.73. The van der Waals surface area contributed by atoms with E-state index in [2.05, 4.69) is 35.8 Å². The van der Waals surface area contributed by atoms with Gasteiger partial charge in [0.15, 0.2) is 5.82 Å². The van der Waals surface area contributed by atoms with Crippen LogP contribution in [-0.4, -0.2) is 34.0 Å². The van der Waals surface area contributed by atoms with Gasteiger partial charge in [-0.2, -0.15) is 5.21 Å². The first-order chi connectivity index (χ1) is 9.04. The van der Waals surface area contributed by atoms with Crippen LogP contribution in [0.15, 0.2) is 23.4 Å².